The summed E-state index contributed by atoms with van der Waals surface area (Å²) in [6, 6.07) is 6.55. The molecule has 1 aromatic heterocycles. The number of hydrogen-bond donors (Lipinski definition) is 2. The number of thiophene rings is 1. The van der Waals surface area contributed by atoms with Gasteiger partial charge in [0.25, 0.3) is 0 Å². The third-order valence-electron chi connectivity index (χ3n) is 6.10. The van der Waals surface area contributed by atoms with Crippen LogP contribution in [-0.2, 0) is 14.3 Å². The molecule has 2 heterocycles. The molecular weight excluding hydrogens is 460 g/mol. The van der Waals surface area contributed by atoms with Crippen molar-refractivity contribution in [3.63, 3.8) is 0 Å². The standard InChI is InChI=1S/C24H24N2O7S/c1-4-33-24(29)20-12(2)25-15-8-13(19-6-5-7-34-19)10-17(27)22(15)21(20)14-9-16(26(30)31)23(28)18(11-14)32-3/h5-7,9,11,13,21,25,28H,4,8,10H2,1-3H3/t13-,21-/m0/s1. The molecule has 0 unspecified atom stereocenters. The Morgan fingerprint density at radius 1 is 1.35 bits per heavy atom. The topological polar surface area (TPSA) is 128 Å². The number of hydrogen-bond acceptors (Lipinski definition) is 9. The number of phenols is 1. The fraction of sp³-hybridized carbons (Fsp3) is 0.333. The van der Waals surface area contributed by atoms with Gasteiger partial charge in [-0.05, 0) is 43.3 Å². The molecule has 4 rings (SSSR count). The maximum atomic E-state index is 13.5. The molecule has 10 heteroatoms. The van der Waals surface area contributed by atoms with Crippen LogP contribution in [0.4, 0.5) is 5.69 Å². The number of carbonyl (C=O) groups is 2. The molecule has 178 valence electrons. The number of carbonyl (C=O) groups excluding carboxylic acids is 2. The van der Waals surface area contributed by atoms with Crippen LogP contribution in [0.15, 0.2) is 52.2 Å². The Hall–Kier alpha value is -3.66. The summed E-state index contributed by atoms with van der Waals surface area (Å²) in [6.45, 7) is 3.52. The normalized spacial score (nSPS) is 20.0. The highest BCUT2D eigenvalue weighted by Gasteiger charge is 2.42. The number of ketones is 1. The highest BCUT2D eigenvalue weighted by atomic mass is 32.1. The fourth-order valence-electron chi connectivity index (χ4n) is 4.65. The average molecular weight is 485 g/mol. The highest BCUT2D eigenvalue weighted by molar-refractivity contribution is 7.10. The quantitative estimate of drug-likeness (QED) is 0.353. The number of nitrogens with zero attached hydrogens (tertiary/aromatic N) is 1. The van der Waals surface area contributed by atoms with Gasteiger partial charge in [0.05, 0.1) is 24.2 Å². The lowest BCUT2D eigenvalue weighted by molar-refractivity contribution is -0.386. The zero-order valence-corrected chi connectivity index (χ0v) is 19.7. The molecule has 0 bridgehead atoms. The Morgan fingerprint density at radius 3 is 2.74 bits per heavy atom. The number of rotatable bonds is 6. The lowest BCUT2D eigenvalue weighted by Gasteiger charge is -2.36. The van der Waals surface area contributed by atoms with Crippen molar-refractivity contribution in [1.82, 2.24) is 5.32 Å². The summed E-state index contributed by atoms with van der Waals surface area (Å²) in [5.41, 5.74) is 1.49. The highest BCUT2D eigenvalue weighted by Crippen LogP contribution is 2.49. The molecule has 0 saturated heterocycles. The number of dihydropyridines is 1. The molecule has 0 amide bonds. The first-order chi connectivity index (χ1) is 16.3. The van der Waals surface area contributed by atoms with Gasteiger partial charge in [-0.25, -0.2) is 4.79 Å². The Morgan fingerprint density at radius 2 is 2.12 bits per heavy atom. The van der Waals surface area contributed by atoms with E-state index in [0.717, 1.165) is 4.88 Å². The van der Waals surface area contributed by atoms with Gasteiger partial charge in [-0.1, -0.05) is 6.07 Å². The molecule has 9 nitrogen and oxygen atoms in total. The van der Waals surface area contributed by atoms with Crippen LogP contribution in [0, 0.1) is 10.1 Å². The molecule has 0 spiro atoms. The number of methoxy groups -OCH3 is 1. The van der Waals surface area contributed by atoms with E-state index in [9.17, 15) is 24.8 Å². The summed E-state index contributed by atoms with van der Waals surface area (Å²) < 4.78 is 10.4. The summed E-state index contributed by atoms with van der Waals surface area (Å²) in [6.07, 6.45) is 0.812. The minimum absolute atomic E-state index is 0.0000309. The summed E-state index contributed by atoms with van der Waals surface area (Å²) in [7, 11) is 1.28. The van der Waals surface area contributed by atoms with Crippen LogP contribution in [0.2, 0.25) is 0 Å². The lowest BCUT2D eigenvalue weighted by Crippen LogP contribution is -2.36. The van der Waals surface area contributed by atoms with Crippen LogP contribution in [0.3, 0.4) is 0 Å². The predicted molar refractivity (Wildman–Crippen MR) is 125 cm³/mol. The maximum Gasteiger partial charge on any atom is 0.336 e. The summed E-state index contributed by atoms with van der Waals surface area (Å²) >= 11 is 1.58. The smallest absolute Gasteiger partial charge is 0.336 e. The van der Waals surface area contributed by atoms with E-state index >= 15 is 0 Å². The van der Waals surface area contributed by atoms with E-state index in [1.165, 1.54) is 19.2 Å². The largest absolute Gasteiger partial charge is 0.500 e. The van der Waals surface area contributed by atoms with Gasteiger partial charge < -0.3 is 19.9 Å². The molecule has 0 fully saturated rings. The Kier molecular flexibility index (Phi) is 6.43. The van der Waals surface area contributed by atoms with Crippen molar-refractivity contribution in [2.75, 3.05) is 13.7 Å². The van der Waals surface area contributed by atoms with Crippen LogP contribution in [0.25, 0.3) is 0 Å². The van der Waals surface area contributed by atoms with Crippen LogP contribution >= 0.6 is 11.3 Å². The molecule has 2 N–H and O–H groups in total. The third kappa shape index (κ3) is 4.05. The van der Waals surface area contributed by atoms with Crippen molar-refractivity contribution < 1.29 is 29.1 Å². The number of nitrogens with one attached hydrogen (secondary N) is 1. The Balaban J connectivity index is 1.91. The van der Waals surface area contributed by atoms with Gasteiger partial charge in [-0.2, -0.15) is 0 Å². The van der Waals surface area contributed by atoms with Crippen LogP contribution in [0.1, 0.15) is 49.0 Å². The van der Waals surface area contributed by atoms with Crippen LogP contribution < -0.4 is 10.1 Å². The molecule has 1 aliphatic heterocycles. The minimum Gasteiger partial charge on any atom is -0.500 e. The number of benzene rings is 1. The van der Waals surface area contributed by atoms with E-state index < -0.39 is 28.2 Å². The van der Waals surface area contributed by atoms with E-state index in [-0.39, 0.29) is 36.1 Å². The Bertz CT molecular complexity index is 1230. The van der Waals surface area contributed by atoms with Crippen LogP contribution in [-0.4, -0.2) is 35.5 Å². The van der Waals surface area contributed by atoms with E-state index in [1.54, 1.807) is 25.2 Å². The van der Waals surface area contributed by atoms with Crippen molar-refractivity contribution in [3.05, 3.63) is 72.7 Å². The van der Waals surface area contributed by atoms with Crippen molar-refractivity contribution in [2.45, 2.75) is 38.5 Å². The lowest BCUT2D eigenvalue weighted by atomic mass is 9.72. The van der Waals surface area contributed by atoms with Gasteiger partial charge in [0.2, 0.25) is 5.75 Å². The van der Waals surface area contributed by atoms with Gasteiger partial charge in [0, 0.05) is 46.2 Å². The maximum absolute atomic E-state index is 13.5. The minimum atomic E-state index is -0.903. The summed E-state index contributed by atoms with van der Waals surface area (Å²) in [5.74, 6) is -2.41. The van der Waals surface area contributed by atoms with Crippen molar-refractivity contribution in [1.29, 1.82) is 0 Å². The van der Waals surface area contributed by atoms with Crippen molar-refractivity contribution in [2.24, 2.45) is 0 Å². The second kappa shape index (κ2) is 9.30. The van der Waals surface area contributed by atoms with E-state index in [1.807, 2.05) is 17.5 Å². The number of aromatic hydroxyl groups is 1. The monoisotopic (exact) mass is 484 g/mol. The number of allylic oxidation sites excluding steroid dienone is 3. The number of esters is 1. The predicted octanol–water partition coefficient (Wildman–Crippen LogP) is 4.30. The van der Waals surface area contributed by atoms with E-state index in [4.69, 9.17) is 9.47 Å². The number of phenolic OH excluding ortho intramolecular Hbond substituents is 1. The van der Waals surface area contributed by atoms with Crippen molar-refractivity contribution >= 4 is 28.8 Å². The SMILES string of the molecule is CCOC(=O)C1=C(C)NC2=C(C(=O)C[C@@H](c3cccs3)C2)[C@H]1c1cc(OC)c(O)c([N+](=O)[O-])c1. The van der Waals surface area contributed by atoms with Gasteiger partial charge in [0.1, 0.15) is 0 Å². The van der Waals surface area contributed by atoms with Gasteiger partial charge in [-0.3, -0.25) is 14.9 Å². The molecule has 2 aliphatic rings. The average Bonchev–Trinajstić information content (AvgIpc) is 3.33. The number of nitro groups is 1. The number of Topliss-reactive ketones (excluding diaryl/α,β-unsaturated/α-hetero) is 1. The third-order valence-corrected chi connectivity index (χ3v) is 7.13. The van der Waals surface area contributed by atoms with E-state index in [0.29, 0.717) is 29.0 Å². The van der Waals surface area contributed by atoms with Crippen LogP contribution in [0.5, 0.6) is 11.5 Å². The van der Waals surface area contributed by atoms with Gasteiger partial charge in [-0.15, -0.1) is 11.3 Å². The molecular formula is C24H24N2O7S. The van der Waals surface area contributed by atoms with E-state index in [2.05, 4.69) is 5.32 Å². The summed E-state index contributed by atoms with van der Waals surface area (Å²) in [5, 5.41) is 27.1. The molecule has 2 aromatic rings. The fourth-order valence-corrected chi connectivity index (χ4v) is 5.48. The molecule has 0 radical (unpaired) electrons. The first-order valence-corrected chi connectivity index (χ1v) is 11.6. The molecule has 1 aliphatic carbocycles. The first-order valence-electron chi connectivity index (χ1n) is 10.8. The molecule has 2 atom stereocenters. The van der Waals surface area contributed by atoms with Crippen molar-refractivity contribution in [3.8, 4) is 11.5 Å². The number of ether oxygens (including phenoxy) is 2. The zero-order chi connectivity index (χ0) is 24.6. The van der Waals surface area contributed by atoms with Gasteiger partial charge >= 0.3 is 11.7 Å². The number of nitro benzene ring substituents is 1. The van der Waals surface area contributed by atoms with Gasteiger partial charge in [0.15, 0.2) is 11.5 Å². The zero-order valence-electron chi connectivity index (χ0n) is 18.9. The molecule has 0 saturated carbocycles. The molecule has 34 heavy (non-hydrogen) atoms. The first kappa shape index (κ1) is 23.5. The second-order valence-electron chi connectivity index (χ2n) is 8.10. The Labute approximate surface area is 199 Å². The summed E-state index contributed by atoms with van der Waals surface area (Å²) in [4.78, 5) is 38.5. The molecule has 1 aromatic carbocycles. The second-order valence-corrected chi connectivity index (χ2v) is 9.08.